The summed E-state index contributed by atoms with van der Waals surface area (Å²) in [5.74, 6) is 5.24. The van der Waals surface area contributed by atoms with Crippen LogP contribution in [0.1, 0.15) is 5.56 Å². The summed E-state index contributed by atoms with van der Waals surface area (Å²) in [5.41, 5.74) is 0.807. The van der Waals surface area contributed by atoms with Crippen LogP contribution in [0.15, 0.2) is 18.2 Å². The van der Waals surface area contributed by atoms with E-state index in [4.69, 9.17) is 7.85 Å². The highest BCUT2D eigenvalue weighted by atomic mass is 19.1. The summed E-state index contributed by atoms with van der Waals surface area (Å²) in [6.07, 6.45) is 0. The Hall–Kier alpha value is -1.27. The van der Waals surface area contributed by atoms with Crippen molar-refractivity contribution >= 4 is 13.3 Å². The summed E-state index contributed by atoms with van der Waals surface area (Å²) in [7, 11) is 9.23. The lowest BCUT2D eigenvalue weighted by Crippen LogP contribution is -2.11. The number of benzene rings is 1. The standard InChI is InChI=1S/C11H11BFN/c1-14(2)7-3-4-9-5-6-10(12)8-11(9)13/h5-6,8H,7H2,1-2H3. The van der Waals surface area contributed by atoms with E-state index >= 15 is 0 Å². The highest BCUT2D eigenvalue weighted by molar-refractivity contribution is 6.32. The quantitative estimate of drug-likeness (QED) is 0.458. The highest BCUT2D eigenvalue weighted by Gasteiger charge is 1.97. The Morgan fingerprint density at radius 2 is 2.14 bits per heavy atom. The third-order valence-electron chi connectivity index (χ3n) is 1.61. The van der Waals surface area contributed by atoms with E-state index in [1.54, 1.807) is 12.1 Å². The molecule has 0 aliphatic carbocycles. The van der Waals surface area contributed by atoms with Crippen molar-refractivity contribution in [2.75, 3.05) is 20.6 Å². The molecule has 14 heavy (non-hydrogen) atoms. The monoisotopic (exact) mass is 187 g/mol. The van der Waals surface area contributed by atoms with Crippen LogP contribution in [0.4, 0.5) is 4.39 Å². The maximum absolute atomic E-state index is 13.2. The molecule has 0 N–H and O–H groups in total. The van der Waals surface area contributed by atoms with E-state index in [1.165, 1.54) is 6.07 Å². The number of hydrogen-bond donors (Lipinski definition) is 0. The average molecular weight is 187 g/mol. The van der Waals surface area contributed by atoms with E-state index in [9.17, 15) is 4.39 Å². The Kier molecular flexibility index (Phi) is 3.73. The van der Waals surface area contributed by atoms with Gasteiger partial charge in [0.2, 0.25) is 0 Å². The fourth-order valence-corrected chi connectivity index (χ4v) is 0.926. The van der Waals surface area contributed by atoms with Crippen molar-refractivity contribution in [3.63, 3.8) is 0 Å². The molecule has 0 saturated carbocycles. The van der Waals surface area contributed by atoms with Gasteiger partial charge < -0.3 is 0 Å². The fraction of sp³-hybridized carbons (Fsp3) is 0.273. The van der Waals surface area contributed by atoms with Crippen molar-refractivity contribution < 1.29 is 4.39 Å². The van der Waals surface area contributed by atoms with E-state index in [0.717, 1.165) is 0 Å². The fourth-order valence-electron chi connectivity index (χ4n) is 0.926. The predicted molar refractivity (Wildman–Crippen MR) is 57.2 cm³/mol. The molecule has 1 nitrogen and oxygen atoms in total. The van der Waals surface area contributed by atoms with Gasteiger partial charge in [-0.25, -0.2) is 4.39 Å². The Morgan fingerprint density at radius 3 is 2.71 bits per heavy atom. The van der Waals surface area contributed by atoms with Crippen LogP contribution in [0.5, 0.6) is 0 Å². The molecule has 0 unspecified atom stereocenters. The molecule has 1 aromatic rings. The minimum atomic E-state index is -0.365. The second-order valence-corrected chi connectivity index (χ2v) is 3.28. The zero-order valence-electron chi connectivity index (χ0n) is 8.34. The van der Waals surface area contributed by atoms with Gasteiger partial charge in [-0.2, -0.15) is 0 Å². The van der Waals surface area contributed by atoms with Crippen molar-refractivity contribution in [1.82, 2.24) is 4.90 Å². The van der Waals surface area contributed by atoms with Gasteiger partial charge in [0.1, 0.15) is 13.7 Å². The first kappa shape index (κ1) is 10.8. The van der Waals surface area contributed by atoms with Gasteiger partial charge in [0, 0.05) is 0 Å². The van der Waals surface area contributed by atoms with Crippen molar-refractivity contribution in [2.45, 2.75) is 0 Å². The molecule has 1 aromatic carbocycles. The second-order valence-electron chi connectivity index (χ2n) is 3.28. The third kappa shape index (κ3) is 3.23. The summed E-state index contributed by atoms with van der Waals surface area (Å²) < 4.78 is 13.2. The van der Waals surface area contributed by atoms with Gasteiger partial charge in [-0.3, -0.25) is 4.90 Å². The number of rotatable bonds is 1. The molecule has 3 heteroatoms. The van der Waals surface area contributed by atoms with Crippen LogP contribution in [-0.4, -0.2) is 33.4 Å². The van der Waals surface area contributed by atoms with Crippen LogP contribution >= 0.6 is 0 Å². The number of nitrogens with zero attached hydrogens (tertiary/aromatic N) is 1. The lowest BCUT2D eigenvalue weighted by molar-refractivity contribution is 0.464. The SMILES string of the molecule is [B]c1ccc(C#CCN(C)C)c(F)c1. The topological polar surface area (TPSA) is 3.24 Å². The zero-order valence-corrected chi connectivity index (χ0v) is 8.34. The maximum atomic E-state index is 13.2. The minimum Gasteiger partial charge on any atom is -0.299 e. The molecule has 0 saturated heterocycles. The number of hydrogen-bond acceptors (Lipinski definition) is 1. The Morgan fingerprint density at radius 1 is 1.43 bits per heavy atom. The second kappa shape index (κ2) is 4.83. The molecule has 0 heterocycles. The molecule has 0 aliphatic heterocycles. The minimum absolute atomic E-state index is 0.365. The summed E-state index contributed by atoms with van der Waals surface area (Å²) >= 11 is 0. The Balaban J connectivity index is 2.80. The van der Waals surface area contributed by atoms with Crippen LogP contribution in [0.25, 0.3) is 0 Å². The van der Waals surface area contributed by atoms with E-state index in [0.29, 0.717) is 17.6 Å². The first-order valence-corrected chi connectivity index (χ1v) is 4.28. The van der Waals surface area contributed by atoms with Crippen LogP contribution < -0.4 is 5.46 Å². The molecule has 2 radical (unpaired) electrons. The van der Waals surface area contributed by atoms with Gasteiger partial charge in [0.15, 0.2) is 0 Å². The van der Waals surface area contributed by atoms with E-state index in [1.807, 2.05) is 19.0 Å². The van der Waals surface area contributed by atoms with Gasteiger partial charge in [-0.1, -0.05) is 23.4 Å². The lowest BCUT2D eigenvalue weighted by Gasteiger charge is -2.01. The highest BCUT2D eigenvalue weighted by Crippen LogP contribution is 2.01. The molecule has 1 rings (SSSR count). The van der Waals surface area contributed by atoms with Gasteiger partial charge in [0.05, 0.1) is 12.1 Å². The van der Waals surface area contributed by atoms with Crippen LogP contribution in [0.2, 0.25) is 0 Å². The summed E-state index contributed by atoms with van der Waals surface area (Å²) in [6.45, 7) is 0.615. The summed E-state index contributed by atoms with van der Waals surface area (Å²) in [6, 6.07) is 4.51. The van der Waals surface area contributed by atoms with Gasteiger partial charge in [-0.05, 0) is 26.2 Å². The predicted octanol–water partition coefficient (Wildman–Crippen LogP) is 0.533. The van der Waals surface area contributed by atoms with Crippen LogP contribution in [0.3, 0.4) is 0 Å². The maximum Gasteiger partial charge on any atom is 0.138 e. The molecular weight excluding hydrogens is 176 g/mol. The summed E-state index contributed by atoms with van der Waals surface area (Å²) in [5, 5.41) is 0. The number of halogens is 1. The van der Waals surface area contributed by atoms with E-state index < -0.39 is 0 Å². The average Bonchev–Trinajstić information content (AvgIpc) is 2.08. The van der Waals surface area contributed by atoms with Crippen molar-refractivity contribution in [1.29, 1.82) is 0 Å². The largest absolute Gasteiger partial charge is 0.299 e. The lowest BCUT2D eigenvalue weighted by atomic mass is 9.95. The van der Waals surface area contributed by atoms with Crippen LogP contribution in [0, 0.1) is 17.7 Å². The first-order valence-electron chi connectivity index (χ1n) is 4.28. The van der Waals surface area contributed by atoms with Gasteiger partial charge in [0.25, 0.3) is 0 Å². The first-order chi connectivity index (χ1) is 6.59. The van der Waals surface area contributed by atoms with Crippen molar-refractivity contribution in [2.24, 2.45) is 0 Å². The molecule has 70 valence electrons. The van der Waals surface area contributed by atoms with Gasteiger partial charge >= 0.3 is 0 Å². The third-order valence-corrected chi connectivity index (χ3v) is 1.61. The van der Waals surface area contributed by atoms with E-state index in [2.05, 4.69) is 11.8 Å². The van der Waals surface area contributed by atoms with E-state index in [-0.39, 0.29) is 5.82 Å². The molecule has 0 fully saturated rings. The molecule has 0 bridgehead atoms. The van der Waals surface area contributed by atoms with Crippen LogP contribution in [-0.2, 0) is 0 Å². The van der Waals surface area contributed by atoms with Gasteiger partial charge in [-0.15, -0.1) is 0 Å². The normalized spacial score (nSPS) is 9.71. The molecule has 0 aliphatic rings. The Labute approximate surface area is 85.3 Å². The molecule has 0 atom stereocenters. The van der Waals surface area contributed by atoms with Crippen molar-refractivity contribution in [3.05, 3.63) is 29.6 Å². The zero-order chi connectivity index (χ0) is 10.6. The van der Waals surface area contributed by atoms with Crippen molar-refractivity contribution in [3.8, 4) is 11.8 Å². The molecule has 0 aromatic heterocycles. The smallest absolute Gasteiger partial charge is 0.138 e. The molecular formula is C11H11BFN. The molecule has 0 amide bonds. The Bertz CT molecular complexity index is 377. The summed E-state index contributed by atoms with van der Waals surface area (Å²) in [4.78, 5) is 1.92. The molecule has 0 spiro atoms.